The summed E-state index contributed by atoms with van der Waals surface area (Å²) in [5.74, 6) is 1.10. The van der Waals surface area contributed by atoms with Crippen LogP contribution in [0, 0.1) is 11.3 Å². The Morgan fingerprint density at radius 1 is 1.47 bits per heavy atom. The van der Waals surface area contributed by atoms with E-state index in [1.54, 1.807) is 11.8 Å². The summed E-state index contributed by atoms with van der Waals surface area (Å²) in [6, 6.07) is 9.55. The molecule has 1 aromatic carbocycles. The average molecular weight is 256 g/mol. The van der Waals surface area contributed by atoms with Crippen molar-refractivity contribution in [3.63, 3.8) is 0 Å². The fraction of sp³-hybridized carbons (Fsp3) is 0.286. The van der Waals surface area contributed by atoms with Crippen molar-refractivity contribution in [2.24, 2.45) is 0 Å². The second-order valence-corrected chi connectivity index (χ2v) is 4.18. The number of hydrogen-bond acceptors (Lipinski definition) is 4. The van der Waals surface area contributed by atoms with E-state index in [-0.39, 0.29) is 0 Å². The molecule has 0 amide bonds. The van der Waals surface area contributed by atoms with Gasteiger partial charge < -0.3 is 10.5 Å². The van der Waals surface area contributed by atoms with Crippen LogP contribution in [0.25, 0.3) is 5.69 Å². The maximum atomic E-state index is 9.18. The largest absolute Gasteiger partial charge is 0.497 e. The van der Waals surface area contributed by atoms with Crippen LogP contribution in [0.1, 0.15) is 24.6 Å². The highest BCUT2D eigenvalue weighted by molar-refractivity contribution is 5.56. The molecule has 5 heteroatoms. The van der Waals surface area contributed by atoms with Gasteiger partial charge in [-0.05, 0) is 18.6 Å². The molecule has 19 heavy (non-hydrogen) atoms. The number of nitriles is 1. The number of nitrogens with two attached hydrogens (primary N) is 1. The second-order valence-electron chi connectivity index (χ2n) is 4.18. The maximum Gasteiger partial charge on any atom is 0.145 e. The number of nitrogens with zero attached hydrogens (tertiary/aromatic N) is 3. The molecule has 2 aromatic rings. The van der Waals surface area contributed by atoms with E-state index in [1.165, 1.54) is 0 Å². The molecule has 0 spiro atoms. The normalized spacial score (nSPS) is 10.2. The number of methoxy groups -OCH3 is 1. The van der Waals surface area contributed by atoms with Crippen molar-refractivity contribution in [1.82, 2.24) is 9.78 Å². The van der Waals surface area contributed by atoms with Crippen LogP contribution in [0.2, 0.25) is 0 Å². The molecule has 0 aliphatic carbocycles. The Hall–Kier alpha value is -2.48. The van der Waals surface area contributed by atoms with E-state index < -0.39 is 0 Å². The average Bonchev–Trinajstić information content (AvgIpc) is 2.75. The minimum Gasteiger partial charge on any atom is -0.497 e. The first-order valence-corrected chi connectivity index (χ1v) is 6.13. The molecule has 0 bridgehead atoms. The van der Waals surface area contributed by atoms with Crippen LogP contribution in [-0.2, 0) is 6.42 Å². The monoisotopic (exact) mass is 256 g/mol. The van der Waals surface area contributed by atoms with Gasteiger partial charge in [0.25, 0.3) is 0 Å². The molecule has 0 saturated carbocycles. The Kier molecular flexibility index (Phi) is 3.71. The van der Waals surface area contributed by atoms with Crippen molar-refractivity contribution in [2.75, 3.05) is 12.8 Å². The van der Waals surface area contributed by atoms with Crippen molar-refractivity contribution < 1.29 is 4.74 Å². The zero-order chi connectivity index (χ0) is 13.8. The van der Waals surface area contributed by atoms with Gasteiger partial charge in [0.1, 0.15) is 23.2 Å². The number of benzene rings is 1. The van der Waals surface area contributed by atoms with Gasteiger partial charge in [0, 0.05) is 6.07 Å². The third kappa shape index (κ3) is 2.38. The number of aryl methyl sites for hydroxylation is 1. The van der Waals surface area contributed by atoms with Gasteiger partial charge in [0.15, 0.2) is 0 Å². The molecular formula is C14H16N4O. The summed E-state index contributed by atoms with van der Waals surface area (Å²) in [4.78, 5) is 0. The van der Waals surface area contributed by atoms with Crippen LogP contribution < -0.4 is 10.5 Å². The van der Waals surface area contributed by atoms with Crippen molar-refractivity contribution in [1.29, 1.82) is 5.26 Å². The summed E-state index contributed by atoms with van der Waals surface area (Å²) in [7, 11) is 1.61. The highest BCUT2D eigenvalue weighted by Crippen LogP contribution is 2.23. The molecule has 1 heterocycles. The van der Waals surface area contributed by atoms with Crippen LogP contribution >= 0.6 is 0 Å². The fourth-order valence-corrected chi connectivity index (χ4v) is 1.95. The van der Waals surface area contributed by atoms with Crippen LogP contribution in [0.15, 0.2) is 24.3 Å². The summed E-state index contributed by atoms with van der Waals surface area (Å²) >= 11 is 0. The topological polar surface area (TPSA) is 76.9 Å². The molecule has 2 rings (SSSR count). The Morgan fingerprint density at radius 3 is 2.89 bits per heavy atom. The van der Waals surface area contributed by atoms with Gasteiger partial charge in [-0.2, -0.15) is 10.4 Å². The summed E-state index contributed by atoms with van der Waals surface area (Å²) in [6.45, 7) is 2.04. The molecule has 0 radical (unpaired) electrons. The number of hydrogen-bond donors (Lipinski definition) is 1. The van der Waals surface area contributed by atoms with Crippen molar-refractivity contribution >= 4 is 5.82 Å². The highest BCUT2D eigenvalue weighted by atomic mass is 16.5. The molecule has 0 fully saturated rings. The molecule has 0 aliphatic rings. The van der Waals surface area contributed by atoms with Gasteiger partial charge in [0.2, 0.25) is 0 Å². The summed E-state index contributed by atoms with van der Waals surface area (Å²) in [6.07, 6.45) is 1.66. The van der Waals surface area contributed by atoms with E-state index in [1.807, 2.05) is 31.2 Å². The van der Waals surface area contributed by atoms with Gasteiger partial charge in [-0.1, -0.05) is 19.4 Å². The lowest BCUT2D eigenvalue weighted by molar-refractivity contribution is 0.414. The third-order valence-corrected chi connectivity index (χ3v) is 2.89. The highest BCUT2D eigenvalue weighted by Gasteiger charge is 2.15. The first-order chi connectivity index (χ1) is 9.21. The first-order valence-electron chi connectivity index (χ1n) is 6.13. The Bertz CT molecular complexity index is 625. The minimum absolute atomic E-state index is 0.374. The van der Waals surface area contributed by atoms with E-state index in [0.29, 0.717) is 11.4 Å². The smallest absolute Gasteiger partial charge is 0.145 e. The van der Waals surface area contributed by atoms with E-state index in [4.69, 9.17) is 10.5 Å². The lowest BCUT2D eigenvalue weighted by Gasteiger charge is -2.06. The lowest BCUT2D eigenvalue weighted by Crippen LogP contribution is -2.02. The van der Waals surface area contributed by atoms with Gasteiger partial charge in [-0.3, -0.25) is 0 Å². The SMILES string of the molecule is CCCc1nn(-c2cccc(OC)c2)c(N)c1C#N. The number of aromatic nitrogens is 2. The van der Waals surface area contributed by atoms with Crippen LogP contribution in [0.4, 0.5) is 5.82 Å². The van der Waals surface area contributed by atoms with Crippen LogP contribution in [0.5, 0.6) is 5.75 Å². The summed E-state index contributed by atoms with van der Waals surface area (Å²) in [5.41, 5.74) is 8.00. The van der Waals surface area contributed by atoms with Gasteiger partial charge in [0.05, 0.1) is 18.5 Å². The standard InChI is InChI=1S/C14H16N4O/c1-3-5-13-12(9-15)14(16)18(17-13)10-6-4-7-11(8-10)19-2/h4,6-8H,3,5,16H2,1-2H3. The zero-order valence-corrected chi connectivity index (χ0v) is 11.1. The fourth-order valence-electron chi connectivity index (χ4n) is 1.95. The van der Waals surface area contributed by atoms with Gasteiger partial charge >= 0.3 is 0 Å². The minimum atomic E-state index is 0.374. The predicted molar refractivity (Wildman–Crippen MR) is 73.2 cm³/mol. The molecular weight excluding hydrogens is 240 g/mol. The summed E-state index contributed by atoms with van der Waals surface area (Å²) < 4.78 is 6.77. The molecule has 2 N–H and O–H groups in total. The van der Waals surface area contributed by atoms with Crippen molar-refractivity contribution in [3.8, 4) is 17.5 Å². The Balaban J connectivity index is 2.53. The van der Waals surface area contributed by atoms with Crippen molar-refractivity contribution in [3.05, 3.63) is 35.5 Å². The Labute approximate surface area is 112 Å². The quantitative estimate of drug-likeness (QED) is 0.910. The zero-order valence-electron chi connectivity index (χ0n) is 11.1. The van der Waals surface area contributed by atoms with Crippen molar-refractivity contribution in [2.45, 2.75) is 19.8 Å². The third-order valence-electron chi connectivity index (χ3n) is 2.89. The second kappa shape index (κ2) is 5.44. The van der Waals surface area contributed by atoms with E-state index in [2.05, 4.69) is 11.2 Å². The van der Waals surface area contributed by atoms with E-state index >= 15 is 0 Å². The number of rotatable bonds is 4. The van der Waals surface area contributed by atoms with Gasteiger partial charge in [-0.25, -0.2) is 4.68 Å². The molecule has 5 nitrogen and oxygen atoms in total. The predicted octanol–water partition coefficient (Wildman–Crippen LogP) is 2.29. The van der Waals surface area contributed by atoms with Crippen LogP contribution in [-0.4, -0.2) is 16.9 Å². The molecule has 0 aliphatic heterocycles. The molecule has 1 aromatic heterocycles. The number of anilines is 1. The van der Waals surface area contributed by atoms with E-state index in [0.717, 1.165) is 30.0 Å². The maximum absolute atomic E-state index is 9.18. The molecule has 0 atom stereocenters. The molecule has 0 saturated heterocycles. The van der Waals surface area contributed by atoms with E-state index in [9.17, 15) is 5.26 Å². The lowest BCUT2D eigenvalue weighted by atomic mass is 10.2. The van der Waals surface area contributed by atoms with Gasteiger partial charge in [-0.15, -0.1) is 0 Å². The Morgan fingerprint density at radius 2 is 2.26 bits per heavy atom. The molecule has 98 valence electrons. The number of ether oxygens (including phenoxy) is 1. The van der Waals surface area contributed by atoms with Crippen LogP contribution in [0.3, 0.4) is 0 Å². The first kappa shape index (κ1) is 13.0. The summed E-state index contributed by atoms with van der Waals surface area (Å²) in [5, 5.41) is 13.6. The number of nitrogen functional groups attached to an aromatic ring is 1. The molecule has 0 unspecified atom stereocenters.